The molecule has 1 aromatic heterocycles. The number of rotatable bonds is 4. The maximum atomic E-state index is 12.4. The fourth-order valence-electron chi connectivity index (χ4n) is 2.78. The molecule has 0 aliphatic carbocycles. The minimum Gasteiger partial charge on any atom is -0.370 e. The molecule has 0 unspecified atom stereocenters. The molecule has 6 nitrogen and oxygen atoms in total. The fraction of sp³-hybridized carbons (Fsp3) is 0.444. The molecule has 1 fully saturated rings. The van der Waals surface area contributed by atoms with E-state index in [-0.39, 0.29) is 12.1 Å². The predicted octanol–water partition coefficient (Wildman–Crippen LogP) is 2.83. The van der Waals surface area contributed by atoms with Crippen molar-refractivity contribution in [1.82, 2.24) is 15.4 Å². The van der Waals surface area contributed by atoms with Gasteiger partial charge in [-0.15, -0.1) is 0 Å². The second-order valence-corrected chi connectivity index (χ2v) is 5.99. The van der Waals surface area contributed by atoms with Crippen LogP contribution in [-0.2, 0) is 17.7 Å². The summed E-state index contributed by atoms with van der Waals surface area (Å²) in [7, 11) is 0. The van der Waals surface area contributed by atoms with Gasteiger partial charge in [0.1, 0.15) is 6.10 Å². The number of carbonyl (C=O) groups excluding carboxylic acids is 1. The van der Waals surface area contributed by atoms with Crippen molar-refractivity contribution in [3.05, 3.63) is 52.9 Å². The van der Waals surface area contributed by atoms with Crippen LogP contribution in [0.4, 0.5) is 4.79 Å². The minimum absolute atomic E-state index is 0.0806. The Morgan fingerprint density at radius 1 is 1.38 bits per heavy atom. The molecule has 1 atom stereocenters. The van der Waals surface area contributed by atoms with Crippen LogP contribution < -0.4 is 5.32 Å². The van der Waals surface area contributed by atoms with Gasteiger partial charge in [-0.25, -0.2) is 4.79 Å². The van der Waals surface area contributed by atoms with Crippen LogP contribution in [0.15, 0.2) is 34.9 Å². The number of morpholine rings is 1. The van der Waals surface area contributed by atoms with Gasteiger partial charge in [0.05, 0.1) is 25.4 Å². The number of nitrogens with one attached hydrogen (secondary N) is 1. The molecular weight excluding hydrogens is 306 g/mol. The zero-order valence-corrected chi connectivity index (χ0v) is 14.1. The smallest absolute Gasteiger partial charge is 0.317 e. The quantitative estimate of drug-likeness (QED) is 0.936. The van der Waals surface area contributed by atoms with Crippen molar-refractivity contribution >= 4 is 6.03 Å². The lowest BCUT2D eigenvalue weighted by molar-refractivity contribution is -0.0155. The van der Waals surface area contributed by atoms with Gasteiger partial charge in [-0.2, -0.15) is 0 Å². The van der Waals surface area contributed by atoms with E-state index in [1.165, 1.54) is 5.56 Å². The number of nitrogens with zero attached hydrogens (tertiary/aromatic N) is 2. The molecule has 2 aromatic rings. The molecule has 3 rings (SSSR count). The Bertz CT molecular complexity index is 681. The average Bonchev–Trinajstić information content (AvgIpc) is 3.05. The van der Waals surface area contributed by atoms with Gasteiger partial charge in [0, 0.05) is 12.6 Å². The molecule has 2 amide bonds. The van der Waals surface area contributed by atoms with Gasteiger partial charge >= 0.3 is 6.03 Å². The number of carbonyl (C=O) groups is 1. The topological polar surface area (TPSA) is 67.6 Å². The van der Waals surface area contributed by atoms with E-state index in [9.17, 15) is 4.79 Å². The van der Waals surface area contributed by atoms with E-state index in [2.05, 4.69) is 41.7 Å². The third kappa shape index (κ3) is 3.94. The van der Waals surface area contributed by atoms with E-state index >= 15 is 0 Å². The standard InChI is InChI=1S/C18H23N3O3/c1-3-14-4-6-15(7-5-14)17-12-21(8-9-23-17)18(22)19-11-16-10-13(2)20-24-16/h4-7,10,17H,3,8-9,11-12H2,1-2H3,(H,19,22)/t17-/m0/s1. The largest absolute Gasteiger partial charge is 0.370 e. The lowest BCUT2D eigenvalue weighted by Gasteiger charge is -2.33. The number of aryl methyl sites for hydroxylation is 2. The van der Waals surface area contributed by atoms with Crippen molar-refractivity contribution < 1.29 is 14.1 Å². The Hall–Kier alpha value is -2.34. The molecular formula is C18H23N3O3. The Morgan fingerprint density at radius 2 is 2.17 bits per heavy atom. The first-order chi connectivity index (χ1) is 11.7. The van der Waals surface area contributed by atoms with Crippen LogP contribution in [0.1, 0.15) is 35.6 Å². The highest BCUT2D eigenvalue weighted by Crippen LogP contribution is 2.22. The zero-order valence-electron chi connectivity index (χ0n) is 14.1. The summed E-state index contributed by atoms with van der Waals surface area (Å²) >= 11 is 0. The summed E-state index contributed by atoms with van der Waals surface area (Å²) < 4.78 is 10.9. The molecule has 0 radical (unpaired) electrons. The van der Waals surface area contributed by atoms with E-state index in [0.717, 1.165) is 17.7 Å². The number of hydrogen-bond donors (Lipinski definition) is 1. The van der Waals surface area contributed by atoms with Gasteiger partial charge in [0.25, 0.3) is 0 Å². The molecule has 128 valence electrons. The lowest BCUT2D eigenvalue weighted by Crippen LogP contribution is -2.46. The first kappa shape index (κ1) is 16.5. The summed E-state index contributed by atoms with van der Waals surface area (Å²) in [6, 6.07) is 10.1. The number of benzene rings is 1. The third-order valence-corrected chi connectivity index (χ3v) is 4.20. The van der Waals surface area contributed by atoms with Crippen LogP contribution in [0.3, 0.4) is 0 Å². The van der Waals surface area contributed by atoms with Gasteiger partial charge in [0.2, 0.25) is 0 Å². The molecule has 2 heterocycles. The van der Waals surface area contributed by atoms with E-state index < -0.39 is 0 Å². The molecule has 1 aliphatic heterocycles. The summed E-state index contributed by atoms with van der Waals surface area (Å²) in [6.45, 7) is 6.00. The fourth-order valence-corrected chi connectivity index (χ4v) is 2.78. The van der Waals surface area contributed by atoms with E-state index in [0.29, 0.717) is 32.0 Å². The molecule has 1 aliphatic rings. The molecule has 0 bridgehead atoms. The van der Waals surface area contributed by atoms with Gasteiger partial charge in [0.15, 0.2) is 5.76 Å². The van der Waals surface area contributed by atoms with Crippen LogP contribution >= 0.6 is 0 Å². The number of hydrogen-bond acceptors (Lipinski definition) is 4. The molecule has 24 heavy (non-hydrogen) atoms. The second-order valence-electron chi connectivity index (χ2n) is 5.99. The van der Waals surface area contributed by atoms with E-state index in [4.69, 9.17) is 9.26 Å². The SMILES string of the molecule is CCc1ccc([C@@H]2CN(C(=O)NCc3cc(C)no3)CCO2)cc1. The highest BCUT2D eigenvalue weighted by Gasteiger charge is 2.25. The Balaban J connectivity index is 1.56. The van der Waals surface area contributed by atoms with Gasteiger partial charge in [-0.3, -0.25) is 0 Å². The molecule has 1 saturated heterocycles. The van der Waals surface area contributed by atoms with Crippen molar-refractivity contribution in [2.24, 2.45) is 0 Å². The van der Waals surface area contributed by atoms with Crippen molar-refractivity contribution in [2.45, 2.75) is 32.9 Å². The van der Waals surface area contributed by atoms with Gasteiger partial charge < -0.3 is 19.5 Å². The van der Waals surface area contributed by atoms with Crippen molar-refractivity contribution in [3.8, 4) is 0 Å². The highest BCUT2D eigenvalue weighted by molar-refractivity contribution is 5.74. The third-order valence-electron chi connectivity index (χ3n) is 4.20. The lowest BCUT2D eigenvalue weighted by atomic mass is 10.0. The summed E-state index contributed by atoms with van der Waals surface area (Å²) in [6.07, 6.45) is 0.935. The summed E-state index contributed by atoms with van der Waals surface area (Å²) in [5, 5.41) is 6.68. The normalized spacial score (nSPS) is 17.8. The number of urea groups is 1. The minimum atomic E-state index is -0.109. The number of amides is 2. The molecule has 0 spiro atoms. The summed E-state index contributed by atoms with van der Waals surface area (Å²) in [5.74, 6) is 0.654. The van der Waals surface area contributed by atoms with Gasteiger partial charge in [-0.1, -0.05) is 36.3 Å². The zero-order chi connectivity index (χ0) is 16.9. The predicted molar refractivity (Wildman–Crippen MR) is 89.6 cm³/mol. The van der Waals surface area contributed by atoms with Crippen LogP contribution in [0.2, 0.25) is 0 Å². The van der Waals surface area contributed by atoms with E-state index in [1.807, 2.05) is 13.0 Å². The second kappa shape index (κ2) is 7.49. The first-order valence-corrected chi connectivity index (χ1v) is 8.31. The number of ether oxygens (including phenoxy) is 1. The van der Waals surface area contributed by atoms with Crippen molar-refractivity contribution in [3.63, 3.8) is 0 Å². The molecule has 1 aromatic carbocycles. The highest BCUT2D eigenvalue weighted by atomic mass is 16.5. The van der Waals surface area contributed by atoms with Gasteiger partial charge in [-0.05, 0) is 24.5 Å². The molecule has 0 saturated carbocycles. The maximum Gasteiger partial charge on any atom is 0.317 e. The average molecular weight is 329 g/mol. The monoisotopic (exact) mass is 329 g/mol. The Labute approximate surface area is 141 Å². The molecule has 6 heteroatoms. The van der Waals surface area contributed by atoms with Crippen LogP contribution in [-0.4, -0.2) is 35.8 Å². The van der Waals surface area contributed by atoms with Crippen molar-refractivity contribution in [2.75, 3.05) is 19.7 Å². The van der Waals surface area contributed by atoms with Crippen LogP contribution in [0.25, 0.3) is 0 Å². The molecule has 1 N–H and O–H groups in total. The van der Waals surface area contributed by atoms with Crippen LogP contribution in [0.5, 0.6) is 0 Å². The number of aromatic nitrogens is 1. The first-order valence-electron chi connectivity index (χ1n) is 8.31. The van der Waals surface area contributed by atoms with E-state index in [1.54, 1.807) is 4.90 Å². The summed E-state index contributed by atoms with van der Waals surface area (Å²) in [4.78, 5) is 14.1. The van der Waals surface area contributed by atoms with Crippen molar-refractivity contribution in [1.29, 1.82) is 0 Å². The summed E-state index contributed by atoms with van der Waals surface area (Å²) in [5.41, 5.74) is 3.21. The maximum absolute atomic E-state index is 12.4. The Kier molecular flexibility index (Phi) is 5.15. The Morgan fingerprint density at radius 3 is 2.83 bits per heavy atom. The van der Waals surface area contributed by atoms with Crippen LogP contribution in [0, 0.1) is 6.92 Å².